The number of hydrogen-bond donors (Lipinski definition) is 14. The fourth-order valence-electron chi connectivity index (χ4n) is 5.84. The fourth-order valence-corrected chi connectivity index (χ4v) is 5.84. The Morgan fingerprint density at radius 1 is 0.347 bits per heavy atom. The van der Waals surface area contributed by atoms with E-state index in [2.05, 4.69) is 0 Å². The lowest BCUT2D eigenvalue weighted by molar-refractivity contribution is -0.361. The summed E-state index contributed by atoms with van der Waals surface area (Å²) in [6, 6.07) is 0. The van der Waals surface area contributed by atoms with Crippen LogP contribution in [0.4, 0.5) is 0 Å². The molecule has 0 aromatic carbocycles. The average molecular weight is 725 g/mol. The molecule has 4 heterocycles. The van der Waals surface area contributed by atoms with Crippen molar-refractivity contribution in [3.05, 3.63) is 0 Å². The van der Waals surface area contributed by atoms with Crippen molar-refractivity contribution >= 4 is 0 Å². The van der Waals surface area contributed by atoms with E-state index in [0.717, 1.165) is 0 Å². The zero-order chi connectivity index (χ0) is 36.2. The second-order valence-electron chi connectivity index (χ2n) is 12.1. The van der Waals surface area contributed by atoms with Crippen molar-refractivity contribution in [3.63, 3.8) is 0 Å². The second-order valence-corrected chi connectivity index (χ2v) is 12.1. The Bertz CT molecular complexity index is 901. The standard InChI is InChI=1S/C27H48O22/c28-4-8-12(32)14(34)18(38)26(44-8)48-22-10(6-30)46-24(20(40)16(22)36)42-2-1-3-43-25-21(41)17(37)23(11(7-31)47-25)49-27-19(39)15(35)13(33)9(5-29)45-27/h8-41H,1-7H2/t8-,9-,10-,11-,12-,13-,14+,15+,16-,17-,18-,19-,20-,21-,22-,23-,24-,25+,26-,27-/m1/s1. The molecule has 0 saturated carbocycles. The number of aliphatic hydroxyl groups excluding tert-OH is 14. The van der Waals surface area contributed by atoms with Gasteiger partial charge >= 0.3 is 0 Å². The second kappa shape index (κ2) is 18.2. The van der Waals surface area contributed by atoms with Crippen LogP contribution in [0.5, 0.6) is 0 Å². The molecule has 0 amide bonds. The Labute approximate surface area is 278 Å². The van der Waals surface area contributed by atoms with Gasteiger partial charge in [0.25, 0.3) is 0 Å². The Balaban J connectivity index is 1.24. The van der Waals surface area contributed by atoms with Crippen molar-refractivity contribution in [1.29, 1.82) is 0 Å². The lowest BCUT2D eigenvalue weighted by atomic mass is 9.97. The van der Waals surface area contributed by atoms with Crippen LogP contribution in [0.25, 0.3) is 0 Å². The van der Waals surface area contributed by atoms with Crippen LogP contribution in [-0.2, 0) is 37.9 Å². The maximum Gasteiger partial charge on any atom is 0.187 e. The Hall–Kier alpha value is -0.880. The molecule has 4 aliphatic heterocycles. The van der Waals surface area contributed by atoms with Gasteiger partial charge in [0, 0.05) is 0 Å². The zero-order valence-corrected chi connectivity index (χ0v) is 26.0. The molecule has 288 valence electrons. The molecule has 0 bridgehead atoms. The minimum absolute atomic E-state index is 0.0501. The topological polar surface area (TPSA) is 357 Å². The van der Waals surface area contributed by atoms with Crippen LogP contribution in [0.1, 0.15) is 6.42 Å². The Morgan fingerprint density at radius 3 is 0.980 bits per heavy atom. The highest BCUT2D eigenvalue weighted by molar-refractivity contribution is 4.95. The van der Waals surface area contributed by atoms with Gasteiger partial charge in [-0.3, -0.25) is 0 Å². The van der Waals surface area contributed by atoms with Crippen LogP contribution in [0, 0.1) is 0 Å². The van der Waals surface area contributed by atoms with E-state index in [4.69, 9.17) is 37.9 Å². The van der Waals surface area contributed by atoms with E-state index in [1.807, 2.05) is 0 Å². The highest BCUT2D eigenvalue weighted by Crippen LogP contribution is 2.31. The van der Waals surface area contributed by atoms with Crippen molar-refractivity contribution in [3.8, 4) is 0 Å². The minimum Gasteiger partial charge on any atom is -0.394 e. The molecule has 0 aliphatic carbocycles. The maximum atomic E-state index is 10.7. The van der Waals surface area contributed by atoms with Gasteiger partial charge in [-0.25, -0.2) is 0 Å². The van der Waals surface area contributed by atoms with Crippen molar-refractivity contribution < 1.29 is 109 Å². The summed E-state index contributed by atoms with van der Waals surface area (Å²) >= 11 is 0. The van der Waals surface area contributed by atoms with Gasteiger partial charge in [-0.15, -0.1) is 0 Å². The van der Waals surface area contributed by atoms with Gasteiger partial charge in [-0.1, -0.05) is 0 Å². The van der Waals surface area contributed by atoms with Crippen molar-refractivity contribution in [2.45, 2.75) is 129 Å². The summed E-state index contributed by atoms with van der Waals surface area (Å²) in [7, 11) is 0. The zero-order valence-electron chi connectivity index (χ0n) is 26.0. The lowest BCUT2D eigenvalue weighted by Gasteiger charge is -2.46. The van der Waals surface area contributed by atoms with Crippen molar-refractivity contribution in [2.75, 3.05) is 39.6 Å². The number of rotatable bonds is 14. The summed E-state index contributed by atoms with van der Waals surface area (Å²) < 4.78 is 43.5. The van der Waals surface area contributed by atoms with Crippen LogP contribution >= 0.6 is 0 Å². The monoisotopic (exact) mass is 724 g/mol. The van der Waals surface area contributed by atoms with E-state index in [0.29, 0.717) is 0 Å². The van der Waals surface area contributed by atoms with Crippen LogP contribution < -0.4 is 0 Å². The average Bonchev–Trinajstić information content (AvgIpc) is 3.10. The van der Waals surface area contributed by atoms with E-state index < -0.39 is 149 Å². The first-order valence-electron chi connectivity index (χ1n) is 15.7. The third kappa shape index (κ3) is 9.02. The summed E-state index contributed by atoms with van der Waals surface area (Å²) in [4.78, 5) is 0. The Morgan fingerprint density at radius 2 is 0.653 bits per heavy atom. The first-order chi connectivity index (χ1) is 23.3. The highest BCUT2D eigenvalue weighted by atomic mass is 16.8. The van der Waals surface area contributed by atoms with Gasteiger partial charge < -0.3 is 109 Å². The maximum absolute atomic E-state index is 10.7. The van der Waals surface area contributed by atoms with Gasteiger partial charge in [0.15, 0.2) is 25.2 Å². The van der Waals surface area contributed by atoms with Crippen LogP contribution in [0.2, 0.25) is 0 Å². The van der Waals surface area contributed by atoms with E-state index in [-0.39, 0.29) is 19.6 Å². The van der Waals surface area contributed by atoms with Gasteiger partial charge in [-0.05, 0) is 6.42 Å². The quantitative estimate of drug-likeness (QED) is 0.0739. The normalized spacial score (nSPS) is 49.6. The highest BCUT2D eigenvalue weighted by Gasteiger charge is 2.52. The molecule has 22 heteroatoms. The summed E-state index contributed by atoms with van der Waals surface area (Å²) in [5.74, 6) is 0. The molecule has 0 unspecified atom stereocenters. The summed E-state index contributed by atoms with van der Waals surface area (Å²) in [6.07, 6.45) is -32.3. The smallest absolute Gasteiger partial charge is 0.187 e. The van der Waals surface area contributed by atoms with Gasteiger partial charge in [-0.2, -0.15) is 0 Å². The van der Waals surface area contributed by atoms with Crippen LogP contribution in [-0.4, -0.2) is 234 Å². The van der Waals surface area contributed by atoms with Crippen molar-refractivity contribution in [2.24, 2.45) is 0 Å². The lowest BCUT2D eigenvalue weighted by Crippen LogP contribution is -2.64. The van der Waals surface area contributed by atoms with Crippen LogP contribution in [0.15, 0.2) is 0 Å². The molecular weight excluding hydrogens is 676 g/mol. The molecule has 20 atom stereocenters. The molecular formula is C27H48O22. The molecule has 4 aliphatic rings. The molecule has 22 nitrogen and oxygen atoms in total. The van der Waals surface area contributed by atoms with Gasteiger partial charge in [0.05, 0.1) is 39.6 Å². The predicted molar refractivity (Wildman–Crippen MR) is 149 cm³/mol. The first-order valence-corrected chi connectivity index (χ1v) is 15.7. The molecule has 0 aromatic heterocycles. The number of hydrogen-bond acceptors (Lipinski definition) is 22. The SMILES string of the molecule is OC[C@H]1O[C@H](O[C@H]2[C@H](O)[C@@H](O)[C@H](OCCCO[C@H]3O[C@H](CO)[C@@H](O[C@H]4O[C@H](CO)[C@@H](O)[C@H](O)[C@H]4O)[C@H](O)[C@H]3O)O[C@@H]2CO)[C@H](O)[C@@H](O)[C@@H]1O. The first kappa shape index (κ1) is 40.9. The van der Waals surface area contributed by atoms with E-state index in [9.17, 15) is 71.5 Å². The molecule has 4 saturated heterocycles. The molecule has 4 fully saturated rings. The summed E-state index contributed by atoms with van der Waals surface area (Å²) in [5.41, 5.74) is 0. The van der Waals surface area contributed by atoms with Crippen molar-refractivity contribution in [1.82, 2.24) is 0 Å². The summed E-state index contributed by atoms with van der Waals surface area (Å²) in [5, 5.41) is 141. The number of ether oxygens (including phenoxy) is 8. The predicted octanol–water partition coefficient (Wildman–Crippen LogP) is -9.34. The molecule has 49 heavy (non-hydrogen) atoms. The van der Waals surface area contributed by atoms with Gasteiger partial charge in [0.2, 0.25) is 0 Å². The van der Waals surface area contributed by atoms with E-state index in [1.165, 1.54) is 0 Å². The molecule has 0 radical (unpaired) electrons. The Kier molecular flexibility index (Phi) is 15.2. The number of aliphatic hydroxyl groups is 14. The third-order valence-electron chi connectivity index (χ3n) is 8.77. The van der Waals surface area contributed by atoms with E-state index >= 15 is 0 Å². The third-order valence-corrected chi connectivity index (χ3v) is 8.77. The van der Waals surface area contributed by atoms with E-state index in [1.54, 1.807) is 0 Å². The molecule has 4 rings (SSSR count). The molecule has 0 spiro atoms. The summed E-state index contributed by atoms with van der Waals surface area (Å²) in [6.45, 7) is -3.39. The van der Waals surface area contributed by atoms with Gasteiger partial charge in [0.1, 0.15) is 97.7 Å². The molecule has 0 aromatic rings. The van der Waals surface area contributed by atoms with Crippen LogP contribution in [0.3, 0.4) is 0 Å². The minimum atomic E-state index is -1.82. The molecule has 14 N–H and O–H groups in total. The largest absolute Gasteiger partial charge is 0.394 e. The fraction of sp³-hybridized carbons (Fsp3) is 1.00.